The second-order valence-electron chi connectivity index (χ2n) is 5.47. The van der Waals surface area contributed by atoms with Crippen LogP contribution in [-0.2, 0) is 9.59 Å². The van der Waals surface area contributed by atoms with Crippen molar-refractivity contribution in [3.63, 3.8) is 0 Å². The van der Waals surface area contributed by atoms with E-state index in [0.717, 1.165) is 19.3 Å². The molecule has 0 aromatic rings. The number of aliphatic carboxylic acids is 1. The Bertz CT molecular complexity index is 441. The van der Waals surface area contributed by atoms with Gasteiger partial charge in [0, 0.05) is 25.2 Å². The first-order chi connectivity index (χ1) is 10.0. The van der Waals surface area contributed by atoms with Gasteiger partial charge in [0.15, 0.2) is 0 Å². The number of ketones is 1. The summed E-state index contributed by atoms with van der Waals surface area (Å²) in [7, 11) is 0. The Labute approximate surface area is 126 Å². The van der Waals surface area contributed by atoms with E-state index in [1.54, 1.807) is 6.08 Å². The van der Waals surface area contributed by atoms with Crippen LogP contribution in [0.15, 0.2) is 12.2 Å². The molecule has 0 saturated heterocycles. The molecule has 1 aliphatic rings. The lowest BCUT2D eigenvalue weighted by molar-refractivity contribution is -0.136. The lowest BCUT2D eigenvalue weighted by Crippen LogP contribution is -2.13. The van der Waals surface area contributed by atoms with E-state index < -0.39 is 12.1 Å². The zero-order valence-electron chi connectivity index (χ0n) is 12.5. The van der Waals surface area contributed by atoms with Gasteiger partial charge < -0.3 is 10.2 Å². The molecule has 0 aromatic heterocycles. The molecule has 3 unspecified atom stereocenters. The molecule has 1 fully saturated rings. The van der Waals surface area contributed by atoms with E-state index in [1.807, 2.05) is 13.0 Å². The molecule has 116 valence electrons. The number of Topliss-reactive ketones (excluding diaryl/α,β-unsaturated/α-hetero) is 1. The van der Waals surface area contributed by atoms with Crippen LogP contribution in [0.25, 0.3) is 0 Å². The van der Waals surface area contributed by atoms with E-state index in [4.69, 9.17) is 5.11 Å². The monoisotopic (exact) mass is 292 g/mol. The van der Waals surface area contributed by atoms with E-state index in [1.165, 1.54) is 0 Å². The zero-order chi connectivity index (χ0) is 15.7. The second kappa shape index (κ2) is 9.36. The topological polar surface area (TPSA) is 74.6 Å². The predicted molar refractivity (Wildman–Crippen MR) is 80.5 cm³/mol. The fraction of sp³-hybridized carbons (Fsp3) is 0.647. The molecule has 0 bridgehead atoms. The summed E-state index contributed by atoms with van der Waals surface area (Å²) in [6.45, 7) is 2.02. The fourth-order valence-corrected chi connectivity index (χ4v) is 2.53. The number of rotatable bonds is 7. The highest BCUT2D eigenvalue weighted by atomic mass is 16.4. The fourth-order valence-electron chi connectivity index (χ4n) is 2.53. The van der Waals surface area contributed by atoms with E-state index in [-0.39, 0.29) is 24.0 Å². The predicted octanol–water partition coefficient (Wildman–Crippen LogP) is 2.56. The number of hydrogen-bond donors (Lipinski definition) is 2. The van der Waals surface area contributed by atoms with Crippen LogP contribution in [0, 0.1) is 23.7 Å². The lowest BCUT2D eigenvalue weighted by Gasteiger charge is -2.12. The van der Waals surface area contributed by atoms with Gasteiger partial charge in [-0.05, 0) is 18.8 Å². The quantitative estimate of drug-likeness (QED) is 0.558. The molecular formula is C17H24O4. The van der Waals surface area contributed by atoms with Crippen LogP contribution in [0.1, 0.15) is 51.9 Å². The van der Waals surface area contributed by atoms with Crippen molar-refractivity contribution in [2.24, 2.45) is 11.8 Å². The van der Waals surface area contributed by atoms with E-state index in [9.17, 15) is 14.7 Å². The number of allylic oxidation sites excluding steroid dienone is 1. The molecule has 3 atom stereocenters. The molecule has 0 radical (unpaired) electrons. The molecule has 1 rings (SSSR count). The average molecular weight is 292 g/mol. The van der Waals surface area contributed by atoms with Gasteiger partial charge in [-0.1, -0.05) is 25.5 Å². The molecule has 1 aliphatic carbocycles. The van der Waals surface area contributed by atoms with Crippen LogP contribution in [0.2, 0.25) is 0 Å². The largest absolute Gasteiger partial charge is 0.481 e. The Morgan fingerprint density at radius 1 is 1.48 bits per heavy atom. The molecule has 4 heteroatoms. The number of carboxylic acids is 1. The number of carbonyl (C=O) groups excluding carboxylic acids is 1. The van der Waals surface area contributed by atoms with Crippen LogP contribution in [-0.4, -0.2) is 28.1 Å². The van der Waals surface area contributed by atoms with Crippen molar-refractivity contribution in [1.29, 1.82) is 0 Å². The highest BCUT2D eigenvalue weighted by molar-refractivity contribution is 5.84. The summed E-state index contributed by atoms with van der Waals surface area (Å²) in [5, 5.41) is 18.2. The summed E-state index contributed by atoms with van der Waals surface area (Å²) < 4.78 is 0. The van der Waals surface area contributed by atoms with E-state index in [2.05, 4.69) is 11.8 Å². The summed E-state index contributed by atoms with van der Waals surface area (Å²) in [6.07, 6.45) is 7.20. The smallest absolute Gasteiger partial charge is 0.304 e. The van der Waals surface area contributed by atoms with Gasteiger partial charge in [-0.2, -0.15) is 0 Å². The molecule has 0 amide bonds. The van der Waals surface area contributed by atoms with Gasteiger partial charge in [0.25, 0.3) is 0 Å². The highest BCUT2D eigenvalue weighted by Crippen LogP contribution is 2.32. The van der Waals surface area contributed by atoms with Crippen LogP contribution in [0.5, 0.6) is 0 Å². The van der Waals surface area contributed by atoms with Gasteiger partial charge in [0.2, 0.25) is 0 Å². The summed E-state index contributed by atoms with van der Waals surface area (Å²) in [4.78, 5) is 22.2. The maximum atomic E-state index is 11.9. The Morgan fingerprint density at radius 3 is 2.90 bits per heavy atom. The molecule has 0 aromatic carbocycles. The van der Waals surface area contributed by atoms with Gasteiger partial charge in [0.05, 0.1) is 12.5 Å². The third-order valence-corrected chi connectivity index (χ3v) is 3.73. The maximum absolute atomic E-state index is 11.9. The number of aliphatic hydroxyl groups excluding tert-OH is 1. The molecule has 0 aliphatic heterocycles. The Hall–Kier alpha value is -1.60. The van der Waals surface area contributed by atoms with Crippen LogP contribution >= 0.6 is 0 Å². The summed E-state index contributed by atoms with van der Waals surface area (Å²) in [5.74, 6) is 5.15. The Morgan fingerprint density at radius 2 is 2.24 bits per heavy atom. The van der Waals surface area contributed by atoms with Crippen LogP contribution in [0.3, 0.4) is 0 Å². The molecule has 1 saturated carbocycles. The van der Waals surface area contributed by atoms with Gasteiger partial charge in [0.1, 0.15) is 5.78 Å². The molecule has 4 nitrogen and oxygen atoms in total. The van der Waals surface area contributed by atoms with Crippen molar-refractivity contribution in [2.75, 3.05) is 0 Å². The number of hydrogen-bond acceptors (Lipinski definition) is 3. The molecular weight excluding hydrogens is 268 g/mol. The first-order valence-corrected chi connectivity index (χ1v) is 7.61. The average Bonchev–Trinajstić information content (AvgIpc) is 2.77. The highest BCUT2D eigenvalue weighted by Gasteiger charge is 2.32. The van der Waals surface area contributed by atoms with E-state index in [0.29, 0.717) is 19.3 Å². The molecule has 0 spiro atoms. The standard InChI is InChI=1S/C17H24O4/c1-2-6-14(18)11-9-13-10-12-16(19)15(13)7-4-3-5-8-17(20)21/h9,11,13-15,18H,2,5-8,10,12H2,1H3,(H,20,21). The zero-order valence-corrected chi connectivity index (χ0v) is 12.5. The summed E-state index contributed by atoms with van der Waals surface area (Å²) in [6, 6.07) is 0. The SMILES string of the molecule is CCCC(O)C=CC1CCC(=O)C1CC#CCCC(=O)O. The molecule has 0 heterocycles. The van der Waals surface area contributed by atoms with Crippen LogP contribution < -0.4 is 0 Å². The van der Waals surface area contributed by atoms with E-state index >= 15 is 0 Å². The molecule has 21 heavy (non-hydrogen) atoms. The Kier molecular flexibility index (Phi) is 7.78. The third kappa shape index (κ3) is 6.59. The Balaban J connectivity index is 2.49. The normalized spacial score (nSPS) is 23.0. The minimum absolute atomic E-state index is 0.0398. The van der Waals surface area contributed by atoms with Crippen molar-refractivity contribution < 1.29 is 19.8 Å². The van der Waals surface area contributed by atoms with Crippen LogP contribution in [0.4, 0.5) is 0 Å². The number of carboxylic acid groups (broad SMARTS) is 1. The van der Waals surface area contributed by atoms with Crippen molar-refractivity contribution in [3.8, 4) is 11.8 Å². The summed E-state index contributed by atoms with van der Waals surface area (Å²) >= 11 is 0. The first-order valence-electron chi connectivity index (χ1n) is 7.61. The number of carbonyl (C=O) groups is 2. The lowest BCUT2D eigenvalue weighted by atomic mass is 9.91. The van der Waals surface area contributed by atoms with Gasteiger partial charge >= 0.3 is 5.97 Å². The second-order valence-corrected chi connectivity index (χ2v) is 5.47. The van der Waals surface area contributed by atoms with Crippen molar-refractivity contribution in [2.45, 2.75) is 58.0 Å². The maximum Gasteiger partial charge on any atom is 0.304 e. The van der Waals surface area contributed by atoms with Crippen molar-refractivity contribution >= 4 is 11.8 Å². The van der Waals surface area contributed by atoms with Gasteiger partial charge in [-0.3, -0.25) is 9.59 Å². The number of aliphatic hydroxyl groups is 1. The first kappa shape index (κ1) is 17.5. The minimum Gasteiger partial charge on any atom is -0.481 e. The van der Waals surface area contributed by atoms with Crippen molar-refractivity contribution in [1.82, 2.24) is 0 Å². The van der Waals surface area contributed by atoms with Crippen molar-refractivity contribution in [3.05, 3.63) is 12.2 Å². The third-order valence-electron chi connectivity index (χ3n) is 3.73. The molecule has 2 N–H and O–H groups in total. The van der Waals surface area contributed by atoms with Gasteiger partial charge in [-0.25, -0.2) is 0 Å². The minimum atomic E-state index is -0.855. The summed E-state index contributed by atoms with van der Waals surface area (Å²) in [5.41, 5.74) is 0. The van der Waals surface area contributed by atoms with Gasteiger partial charge in [-0.15, -0.1) is 11.8 Å².